The number of hydrogen-bond acceptors (Lipinski definition) is 1. The van der Waals surface area contributed by atoms with Gasteiger partial charge in [0.1, 0.15) is 0 Å². The Balaban J connectivity index is 2.09. The maximum absolute atomic E-state index is 2.65. The molecule has 1 nitrogen and oxygen atoms in total. The monoisotopic (exact) mass is 167 g/mol. The molecule has 0 aromatic carbocycles. The molecule has 0 spiro atoms. The lowest BCUT2D eigenvalue weighted by Crippen LogP contribution is -2.51. The van der Waals surface area contributed by atoms with E-state index in [0.717, 1.165) is 11.8 Å². The minimum atomic E-state index is 0.532. The van der Waals surface area contributed by atoms with Crippen LogP contribution in [0.2, 0.25) is 0 Å². The van der Waals surface area contributed by atoms with Gasteiger partial charge < -0.3 is 4.90 Å². The topological polar surface area (TPSA) is 3.24 Å². The van der Waals surface area contributed by atoms with Crippen LogP contribution in [0.25, 0.3) is 0 Å². The lowest BCUT2D eigenvalue weighted by molar-refractivity contribution is -0.00555. The van der Waals surface area contributed by atoms with Gasteiger partial charge in [-0.2, -0.15) is 0 Å². The fourth-order valence-electron chi connectivity index (χ4n) is 2.95. The Bertz CT molecular complexity index is 160. The molecule has 0 aliphatic carbocycles. The summed E-state index contributed by atoms with van der Waals surface area (Å²) >= 11 is 0. The van der Waals surface area contributed by atoms with E-state index in [0.29, 0.717) is 5.41 Å². The van der Waals surface area contributed by atoms with Crippen molar-refractivity contribution in [3.8, 4) is 0 Å². The van der Waals surface area contributed by atoms with E-state index in [4.69, 9.17) is 0 Å². The minimum absolute atomic E-state index is 0.532. The van der Waals surface area contributed by atoms with Gasteiger partial charge in [0.15, 0.2) is 0 Å². The summed E-state index contributed by atoms with van der Waals surface area (Å²) in [6.45, 7) is 11.3. The second-order valence-corrected chi connectivity index (χ2v) is 5.61. The van der Waals surface area contributed by atoms with Crippen molar-refractivity contribution in [3.05, 3.63) is 0 Å². The Hall–Kier alpha value is -0.0400. The molecule has 70 valence electrons. The largest absolute Gasteiger partial charge is 0.303 e. The summed E-state index contributed by atoms with van der Waals surface area (Å²) in [6, 6.07) is 0. The molecule has 3 rings (SSSR count). The third kappa shape index (κ3) is 1.39. The normalized spacial score (nSPS) is 41.8. The van der Waals surface area contributed by atoms with Crippen molar-refractivity contribution in [1.29, 1.82) is 0 Å². The van der Waals surface area contributed by atoms with Gasteiger partial charge in [-0.3, -0.25) is 0 Å². The van der Waals surface area contributed by atoms with Gasteiger partial charge in [-0.1, -0.05) is 20.8 Å². The van der Waals surface area contributed by atoms with Crippen LogP contribution in [-0.4, -0.2) is 24.5 Å². The zero-order chi connectivity index (χ0) is 8.77. The van der Waals surface area contributed by atoms with Crippen LogP contribution in [0.4, 0.5) is 0 Å². The zero-order valence-electron chi connectivity index (χ0n) is 8.64. The van der Waals surface area contributed by atoms with Crippen LogP contribution >= 0.6 is 0 Å². The average molecular weight is 167 g/mol. The van der Waals surface area contributed by atoms with Crippen molar-refractivity contribution in [2.24, 2.45) is 17.3 Å². The van der Waals surface area contributed by atoms with Gasteiger partial charge in [-0.05, 0) is 43.2 Å². The van der Waals surface area contributed by atoms with Crippen molar-refractivity contribution >= 4 is 0 Å². The third-order valence-corrected chi connectivity index (χ3v) is 3.77. The molecule has 0 saturated carbocycles. The molecule has 1 atom stereocenters. The predicted molar refractivity (Wildman–Crippen MR) is 52.1 cm³/mol. The minimum Gasteiger partial charge on any atom is -0.303 e. The van der Waals surface area contributed by atoms with Crippen LogP contribution in [-0.2, 0) is 0 Å². The Morgan fingerprint density at radius 1 is 1.08 bits per heavy atom. The molecule has 0 aromatic heterocycles. The first-order chi connectivity index (χ1) is 5.57. The summed E-state index contributed by atoms with van der Waals surface area (Å²) in [6.07, 6.45) is 2.92. The molecule has 0 amide bonds. The van der Waals surface area contributed by atoms with Crippen molar-refractivity contribution in [3.63, 3.8) is 0 Å². The maximum atomic E-state index is 2.65. The number of hydrogen-bond donors (Lipinski definition) is 0. The van der Waals surface area contributed by atoms with Crippen molar-refractivity contribution in [2.45, 2.75) is 33.6 Å². The van der Waals surface area contributed by atoms with Crippen LogP contribution in [0, 0.1) is 17.3 Å². The third-order valence-electron chi connectivity index (χ3n) is 3.77. The summed E-state index contributed by atoms with van der Waals surface area (Å²) in [4.78, 5) is 2.65. The average Bonchev–Trinajstić information content (AvgIpc) is 2.05. The highest BCUT2D eigenvalue weighted by molar-refractivity contribution is 4.91. The van der Waals surface area contributed by atoms with Gasteiger partial charge in [-0.25, -0.2) is 0 Å². The smallest absolute Gasteiger partial charge is 0.00173 e. The summed E-state index contributed by atoms with van der Waals surface area (Å²) in [5.41, 5.74) is 0.532. The number of piperidine rings is 3. The van der Waals surface area contributed by atoms with Gasteiger partial charge in [0.2, 0.25) is 0 Å². The highest BCUT2D eigenvalue weighted by Gasteiger charge is 2.39. The van der Waals surface area contributed by atoms with E-state index >= 15 is 0 Å². The van der Waals surface area contributed by atoms with E-state index in [1.165, 1.54) is 32.5 Å². The standard InChI is InChI=1S/C11H21N/c1-11(2,3)10-8-12-6-4-9(10)5-7-12/h9-10H,4-8H2,1-3H3/t10-/m0/s1. The fraction of sp³-hybridized carbons (Fsp3) is 1.00. The second-order valence-electron chi connectivity index (χ2n) is 5.61. The number of fused-ring (bicyclic) bond motifs is 3. The van der Waals surface area contributed by atoms with Crippen molar-refractivity contribution in [2.75, 3.05) is 19.6 Å². The first-order valence-electron chi connectivity index (χ1n) is 5.30. The molecule has 3 aliphatic heterocycles. The van der Waals surface area contributed by atoms with E-state index in [1.807, 2.05) is 0 Å². The molecule has 0 unspecified atom stereocenters. The van der Waals surface area contributed by atoms with E-state index in [9.17, 15) is 0 Å². The molecule has 3 aliphatic rings. The van der Waals surface area contributed by atoms with Gasteiger partial charge in [-0.15, -0.1) is 0 Å². The molecule has 3 saturated heterocycles. The highest BCUT2D eigenvalue weighted by Crippen LogP contribution is 2.42. The quantitative estimate of drug-likeness (QED) is 0.535. The van der Waals surface area contributed by atoms with E-state index in [2.05, 4.69) is 25.7 Å². The fourth-order valence-corrected chi connectivity index (χ4v) is 2.95. The molecule has 2 bridgehead atoms. The molecule has 3 fully saturated rings. The summed E-state index contributed by atoms with van der Waals surface area (Å²) in [5, 5.41) is 0. The molecule has 0 N–H and O–H groups in total. The van der Waals surface area contributed by atoms with Gasteiger partial charge >= 0.3 is 0 Å². The first-order valence-corrected chi connectivity index (χ1v) is 5.30. The number of rotatable bonds is 0. The van der Waals surface area contributed by atoms with E-state index < -0.39 is 0 Å². The summed E-state index contributed by atoms with van der Waals surface area (Å²) < 4.78 is 0. The Labute approximate surface area is 76.1 Å². The molecule has 3 heterocycles. The van der Waals surface area contributed by atoms with Crippen LogP contribution in [0.3, 0.4) is 0 Å². The van der Waals surface area contributed by atoms with Gasteiger partial charge in [0.25, 0.3) is 0 Å². The van der Waals surface area contributed by atoms with Crippen LogP contribution in [0.5, 0.6) is 0 Å². The molecular formula is C11H21N. The molecule has 0 radical (unpaired) electrons. The Morgan fingerprint density at radius 3 is 1.92 bits per heavy atom. The maximum Gasteiger partial charge on any atom is 0.00173 e. The van der Waals surface area contributed by atoms with Gasteiger partial charge in [0.05, 0.1) is 0 Å². The number of nitrogens with zero attached hydrogens (tertiary/aromatic N) is 1. The molecule has 12 heavy (non-hydrogen) atoms. The highest BCUT2D eigenvalue weighted by atomic mass is 15.1. The Morgan fingerprint density at radius 2 is 1.67 bits per heavy atom. The predicted octanol–water partition coefficient (Wildman–Crippen LogP) is 2.37. The molecule has 1 heteroatoms. The Kier molecular flexibility index (Phi) is 1.95. The van der Waals surface area contributed by atoms with Gasteiger partial charge in [0, 0.05) is 6.54 Å². The lowest BCUT2D eigenvalue weighted by atomic mass is 9.67. The van der Waals surface area contributed by atoms with Crippen LogP contribution in [0.15, 0.2) is 0 Å². The summed E-state index contributed by atoms with van der Waals surface area (Å²) in [7, 11) is 0. The van der Waals surface area contributed by atoms with Crippen LogP contribution in [0.1, 0.15) is 33.6 Å². The lowest BCUT2D eigenvalue weighted by Gasteiger charge is -2.50. The van der Waals surface area contributed by atoms with E-state index in [1.54, 1.807) is 0 Å². The van der Waals surface area contributed by atoms with Crippen molar-refractivity contribution < 1.29 is 0 Å². The second kappa shape index (κ2) is 2.73. The molecular weight excluding hydrogens is 146 g/mol. The molecule has 0 aromatic rings. The SMILES string of the molecule is CC(C)(C)[C@H]1CN2CCC1CC2. The van der Waals surface area contributed by atoms with Crippen LogP contribution < -0.4 is 0 Å². The summed E-state index contributed by atoms with van der Waals surface area (Å²) in [5.74, 6) is 2.00. The first kappa shape index (κ1) is 8.55. The van der Waals surface area contributed by atoms with E-state index in [-0.39, 0.29) is 0 Å². The zero-order valence-corrected chi connectivity index (χ0v) is 8.64. The van der Waals surface area contributed by atoms with Crippen molar-refractivity contribution in [1.82, 2.24) is 4.90 Å².